The Balaban J connectivity index is 1.72. The van der Waals surface area contributed by atoms with Crippen LogP contribution in [0.25, 0.3) is 0 Å². The van der Waals surface area contributed by atoms with Crippen molar-refractivity contribution in [2.24, 2.45) is 5.92 Å². The van der Waals surface area contributed by atoms with E-state index in [9.17, 15) is 29.1 Å². The molecule has 3 N–H and O–H groups in total. The average Bonchev–Trinajstić information content (AvgIpc) is 3.41. The Morgan fingerprint density at radius 3 is 2.13 bits per heavy atom. The normalized spacial score (nSPS) is 16.3. The van der Waals surface area contributed by atoms with E-state index < -0.39 is 47.8 Å². The maximum atomic E-state index is 13.7. The molecular formula is C29H35N3O7. The molecule has 0 unspecified atom stereocenters. The van der Waals surface area contributed by atoms with Gasteiger partial charge in [0, 0.05) is 13.0 Å². The lowest BCUT2D eigenvalue weighted by Crippen LogP contribution is -2.55. The number of amides is 3. The van der Waals surface area contributed by atoms with Gasteiger partial charge in [-0.1, -0.05) is 74.5 Å². The van der Waals surface area contributed by atoms with Crippen LogP contribution in [0.2, 0.25) is 0 Å². The number of carbonyl (C=O) groups excluding carboxylic acids is 4. The third-order valence-corrected chi connectivity index (χ3v) is 6.46. The molecule has 0 aliphatic carbocycles. The minimum Gasteiger partial charge on any atom is -0.480 e. The zero-order chi connectivity index (χ0) is 28.4. The quantitative estimate of drug-likeness (QED) is 0.353. The van der Waals surface area contributed by atoms with E-state index >= 15 is 0 Å². The Kier molecular flexibility index (Phi) is 10.6. The summed E-state index contributed by atoms with van der Waals surface area (Å²) in [4.78, 5) is 64.9. The summed E-state index contributed by atoms with van der Waals surface area (Å²) in [5.41, 5.74) is 1.57. The minimum atomic E-state index is -1.23. The van der Waals surface area contributed by atoms with Gasteiger partial charge < -0.3 is 25.4 Å². The SMILES string of the molecule is CC(C)C[C@H](NC(=O)C(=O)[C@@H]1CCCN1C(=O)[C@H](Cc1ccccc1)NC(=O)OCc1ccccc1)C(=O)O. The summed E-state index contributed by atoms with van der Waals surface area (Å²) >= 11 is 0. The summed E-state index contributed by atoms with van der Waals surface area (Å²) in [5, 5.41) is 14.4. The van der Waals surface area contributed by atoms with E-state index in [2.05, 4.69) is 10.6 Å². The average molecular weight is 538 g/mol. The number of aliphatic carboxylic acids is 1. The molecule has 3 amide bonds. The van der Waals surface area contributed by atoms with Gasteiger partial charge in [0.15, 0.2) is 0 Å². The Morgan fingerprint density at radius 2 is 1.54 bits per heavy atom. The van der Waals surface area contributed by atoms with Crippen molar-refractivity contribution in [1.29, 1.82) is 0 Å². The van der Waals surface area contributed by atoms with Crippen LogP contribution in [0.1, 0.15) is 44.2 Å². The molecule has 0 radical (unpaired) electrons. The highest BCUT2D eigenvalue weighted by molar-refractivity contribution is 6.38. The number of hydrogen-bond acceptors (Lipinski definition) is 6. The van der Waals surface area contributed by atoms with Crippen LogP contribution < -0.4 is 10.6 Å². The molecule has 39 heavy (non-hydrogen) atoms. The van der Waals surface area contributed by atoms with Gasteiger partial charge >= 0.3 is 12.1 Å². The van der Waals surface area contributed by atoms with E-state index in [1.807, 2.05) is 62.4 Å². The van der Waals surface area contributed by atoms with Crippen molar-refractivity contribution in [3.8, 4) is 0 Å². The molecule has 0 spiro atoms. The second-order valence-electron chi connectivity index (χ2n) is 10.00. The third-order valence-electron chi connectivity index (χ3n) is 6.46. The maximum Gasteiger partial charge on any atom is 0.408 e. The van der Waals surface area contributed by atoms with Gasteiger partial charge in [0.25, 0.3) is 5.91 Å². The summed E-state index contributed by atoms with van der Waals surface area (Å²) in [6.45, 7) is 3.87. The summed E-state index contributed by atoms with van der Waals surface area (Å²) in [7, 11) is 0. The van der Waals surface area contributed by atoms with Gasteiger partial charge in [0.2, 0.25) is 11.7 Å². The fourth-order valence-electron chi connectivity index (χ4n) is 4.53. The van der Waals surface area contributed by atoms with Crippen LogP contribution in [0.3, 0.4) is 0 Å². The van der Waals surface area contributed by atoms with Crippen LogP contribution in [-0.4, -0.2) is 64.3 Å². The number of nitrogens with zero attached hydrogens (tertiary/aromatic N) is 1. The van der Waals surface area contributed by atoms with Crippen LogP contribution in [0.4, 0.5) is 4.79 Å². The van der Waals surface area contributed by atoms with Crippen molar-refractivity contribution in [1.82, 2.24) is 15.5 Å². The Labute approximate surface area is 227 Å². The molecule has 3 rings (SSSR count). The van der Waals surface area contributed by atoms with E-state index in [4.69, 9.17) is 4.74 Å². The number of nitrogens with one attached hydrogen (secondary N) is 2. The molecule has 10 nitrogen and oxygen atoms in total. The van der Waals surface area contributed by atoms with Crippen LogP contribution in [0, 0.1) is 5.92 Å². The molecular weight excluding hydrogens is 502 g/mol. The van der Waals surface area contributed by atoms with Crippen LogP contribution in [-0.2, 0) is 36.9 Å². The van der Waals surface area contributed by atoms with E-state index in [0.717, 1.165) is 11.1 Å². The molecule has 1 heterocycles. The topological polar surface area (TPSA) is 142 Å². The standard InChI is InChI=1S/C29H35N3O7/c1-19(2)16-23(28(36)37)30-26(34)25(33)24-14-9-15-32(24)27(35)22(17-20-10-5-3-6-11-20)31-29(38)39-18-21-12-7-4-8-13-21/h3-8,10-13,19,22-24H,9,14-18H2,1-2H3,(H,30,34)(H,31,38)(H,36,37)/t22-,23-,24-/m0/s1. The number of benzene rings is 2. The predicted molar refractivity (Wildman–Crippen MR) is 142 cm³/mol. The number of Topliss-reactive ketones (excluding diaryl/α,β-unsaturated/α-hetero) is 1. The molecule has 0 saturated carbocycles. The largest absolute Gasteiger partial charge is 0.480 e. The summed E-state index contributed by atoms with van der Waals surface area (Å²) in [6, 6.07) is 14.9. The van der Waals surface area contributed by atoms with Crippen LogP contribution in [0.5, 0.6) is 0 Å². The molecule has 1 aliphatic heterocycles. The first-order valence-corrected chi connectivity index (χ1v) is 13.0. The Bertz CT molecular complexity index is 1150. The van der Waals surface area contributed by atoms with Gasteiger partial charge in [-0.15, -0.1) is 0 Å². The first-order valence-electron chi connectivity index (χ1n) is 13.0. The van der Waals surface area contributed by atoms with Crippen molar-refractivity contribution in [3.05, 3.63) is 71.8 Å². The highest BCUT2D eigenvalue weighted by Crippen LogP contribution is 2.21. The summed E-state index contributed by atoms with van der Waals surface area (Å²) in [6.07, 6.45) is 0.275. The number of ether oxygens (including phenoxy) is 1. The lowest BCUT2D eigenvalue weighted by atomic mass is 10.0. The van der Waals surface area contributed by atoms with E-state index in [0.29, 0.717) is 6.42 Å². The number of carboxylic acid groups (broad SMARTS) is 1. The zero-order valence-electron chi connectivity index (χ0n) is 22.2. The molecule has 1 saturated heterocycles. The van der Waals surface area contributed by atoms with Crippen molar-refractivity contribution < 1.29 is 33.8 Å². The highest BCUT2D eigenvalue weighted by atomic mass is 16.5. The number of carbonyl (C=O) groups is 5. The minimum absolute atomic E-state index is 0.0162. The number of rotatable bonds is 12. The van der Waals surface area contributed by atoms with Crippen LogP contribution in [0.15, 0.2) is 60.7 Å². The molecule has 10 heteroatoms. The lowest BCUT2D eigenvalue weighted by molar-refractivity contribution is -0.148. The highest BCUT2D eigenvalue weighted by Gasteiger charge is 2.40. The Morgan fingerprint density at radius 1 is 0.923 bits per heavy atom. The lowest BCUT2D eigenvalue weighted by Gasteiger charge is -2.28. The van der Waals surface area contributed by atoms with Gasteiger partial charge in [0.1, 0.15) is 24.7 Å². The van der Waals surface area contributed by atoms with E-state index in [1.165, 1.54) is 4.90 Å². The maximum absolute atomic E-state index is 13.7. The predicted octanol–water partition coefficient (Wildman–Crippen LogP) is 2.70. The second kappa shape index (κ2) is 14.1. The number of carboxylic acids is 1. The van der Waals surface area contributed by atoms with Crippen molar-refractivity contribution in [2.45, 2.75) is 64.3 Å². The fraction of sp³-hybridized carbons (Fsp3) is 0.414. The molecule has 2 aromatic rings. The molecule has 3 atom stereocenters. The fourth-order valence-corrected chi connectivity index (χ4v) is 4.53. The van der Waals surface area contributed by atoms with E-state index in [-0.39, 0.29) is 38.3 Å². The molecule has 2 aromatic carbocycles. The van der Waals surface area contributed by atoms with Gasteiger partial charge in [-0.05, 0) is 36.3 Å². The van der Waals surface area contributed by atoms with Gasteiger partial charge in [-0.2, -0.15) is 0 Å². The van der Waals surface area contributed by atoms with Gasteiger partial charge in [0.05, 0.1) is 0 Å². The van der Waals surface area contributed by atoms with Crippen molar-refractivity contribution >= 4 is 29.7 Å². The Hall–Kier alpha value is -4.21. The molecule has 208 valence electrons. The zero-order valence-corrected chi connectivity index (χ0v) is 22.2. The molecule has 1 aliphatic rings. The van der Waals surface area contributed by atoms with Crippen LogP contribution >= 0.6 is 0 Å². The van der Waals surface area contributed by atoms with Crippen molar-refractivity contribution in [3.63, 3.8) is 0 Å². The molecule has 0 aromatic heterocycles. The third kappa shape index (κ3) is 8.66. The first-order chi connectivity index (χ1) is 18.7. The number of alkyl carbamates (subject to hydrolysis) is 1. The molecule has 0 bridgehead atoms. The van der Waals surface area contributed by atoms with Crippen molar-refractivity contribution in [2.75, 3.05) is 6.54 Å². The smallest absolute Gasteiger partial charge is 0.408 e. The number of hydrogen-bond donors (Lipinski definition) is 3. The molecule has 1 fully saturated rings. The van der Waals surface area contributed by atoms with Gasteiger partial charge in [-0.3, -0.25) is 14.4 Å². The number of likely N-dealkylation sites (tertiary alicyclic amines) is 1. The summed E-state index contributed by atoms with van der Waals surface area (Å²) in [5.74, 6) is -3.68. The first kappa shape index (κ1) is 29.3. The van der Waals surface area contributed by atoms with E-state index in [1.54, 1.807) is 12.1 Å². The monoisotopic (exact) mass is 537 g/mol. The van der Waals surface area contributed by atoms with Gasteiger partial charge in [-0.25, -0.2) is 9.59 Å². The summed E-state index contributed by atoms with van der Waals surface area (Å²) < 4.78 is 5.31. The number of ketones is 1. The second-order valence-corrected chi connectivity index (χ2v) is 10.00.